The predicted octanol–water partition coefficient (Wildman–Crippen LogP) is 6.33. The average molecular weight is 641 g/mol. The number of ether oxygens (including phenoxy) is 2. The molecule has 2 fully saturated rings. The molecular weight excluding hydrogens is 601 g/mol. The lowest BCUT2D eigenvalue weighted by molar-refractivity contribution is -0.147. The van der Waals surface area contributed by atoms with Crippen molar-refractivity contribution in [3.63, 3.8) is 0 Å². The maximum atomic E-state index is 12.9. The zero-order valence-corrected chi connectivity index (χ0v) is 26.6. The van der Waals surface area contributed by atoms with E-state index in [-0.39, 0.29) is 29.0 Å². The highest BCUT2D eigenvalue weighted by Gasteiger charge is 2.29. The van der Waals surface area contributed by atoms with E-state index in [4.69, 9.17) is 9.47 Å². The SMILES string of the molecule is Cc1c(-c2cccc(NC3CCN(S(=O)(=O)Cc4ccccc4)CC3)c2)sc(C(=O)O)c1OCC(=O)OCC1CCCCC1. The molecule has 2 aliphatic rings. The third kappa shape index (κ3) is 8.19. The zero-order chi connectivity index (χ0) is 31.1. The van der Waals surface area contributed by atoms with Gasteiger partial charge < -0.3 is 19.9 Å². The van der Waals surface area contributed by atoms with Gasteiger partial charge in [-0.2, -0.15) is 0 Å². The van der Waals surface area contributed by atoms with E-state index in [0.717, 1.165) is 58.7 Å². The van der Waals surface area contributed by atoms with Gasteiger partial charge in [0.15, 0.2) is 11.5 Å². The van der Waals surface area contributed by atoms with Crippen LogP contribution in [0.3, 0.4) is 0 Å². The number of piperidine rings is 1. The minimum Gasteiger partial charge on any atom is -0.480 e. The van der Waals surface area contributed by atoms with Crippen LogP contribution < -0.4 is 10.1 Å². The van der Waals surface area contributed by atoms with E-state index in [2.05, 4.69) is 5.32 Å². The monoisotopic (exact) mass is 640 g/mol. The second kappa shape index (κ2) is 14.6. The highest BCUT2D eigenvalue weighted by atomic mass is 32.2. The molecule has 0 amide bonds. The third-order valence-electron chi connectivity index (χ3n) is 8.36. The van der Waals surface area contributed by atoms with Crippen LogP contribution in [0.4, 0.5) is 5.69 Å². The number of aromatic carboxylic acids is 1. The van der Waals surface area contributed by atoms with Gasteiger partial charge in [-0.3, -0.25) is 0 Å². The van der Waals surface area contributed by atoms with E-state index in [1.807, 2.05) is 54.6 Å². The van der Waals surface area contributed by atoms with E-state index >= 15 is 0 Å². The number of carbonyl (C=O) groups is 2. The summed E-state index contributed by atoms with van der Waals surface area (Å²) in [5.41, 5.74) is 3.13. The standard InChI is InChI=1S/C33H40N2O7S2/c1-23-30(42-21-29(36)41-20-24-9-4-2-5-10-24)32(33(37)38)43-31(23)26-13-8-14-28(19-26)34-27-15-17-35(18-16-27)44(39,40)22-25-11-6-3-7-12-25/h3,6-8,11-14,19,24,27,34H,2,4-5,9-10,15-18,20-22H2,1H3,(H,37,38). The molecule has 236 valence electrons. The number of thiophene rings is 1. The van der Waals surface area contributed by atoms with Crippen LogP contribution >= 0.6 is 11.3 Å². The number of nitrogens with zero attached hydrogens (tertiary/aromatic N) is 1. The van der Waals surface area contributed by atoms with Crippen molar-refractivity contribution in [2.45, 2.75) is 63.7 Å². The summed E-state index contributed by atoms with van der Waals surface area (Å²) in [4.78, 5) is 25.3. The molecule has 0 bridgehead atoms. The van der Waals surface area contributed by atoms with E-state index in [1.165, 1.54) is 6.42 Å². The summed E-state index contributed by atoms with van der Waals surface area (Å²) < 4.78 is 38.6. The van der Waals surface area contributed by atoms with Gasteiger partial charge in [-0.1, -0.05) is 61.7 Å². The number of anilines is 1. The normalized spacial score (nSPS) is 16.8. The molecule has 44 heavy (non-hydrogen) atoms. The Morgan fingerprint density at radius 2 is 1.73 bits per heavy atom. The van der Waals surface area contributed by atoms with Gasteiger partial charge in [-0.15, -0.1) is 11.3 Å². The Balaban J connectivity index is 1.19. The maximum Gasteiger partial charge on any atom is 0.349 e. The van der Waals surface area contributed by atoms with Crippen LogP contribution in [0.5, 0.6) is 5.75 Å². The highest BCUT2D eigenvalue weighted by Crippen LogP contribution is 2.42. The van der Waals surface area contributed by atoms with Crippen molar-refractivity contribution in [3.05, 3.63) is 70.6 Å². The molecule has 1 aliphatic heterocycles. The second-order valence-corrected chi connectivity index (χ2v) is 14.6. The fourth-order valence-corrected chi connectivity index (χ4v) is 8.62. The summed E-state index contributed by atoms with van der Waals surface area (Å²) >= 11 is 1.12. The van der Waals surface area contributed by atoms with Gasteiger partial charge in [0.1, 0.15) is 5.75 Å². The Morgan fingerprint density at radius 1 is 1.00 bits per heavy atom. The van der Waals surface area contributed by atoms with Gasteiger partial charge in [0.25, 0.3) is 0 Å². The minimum absolute atomic E-state index is 0.000170. The van der Waals surface area contributed by atoms with E-state index in [0.29, 0.717) is 44.0 Å². The molecule has 11 heteroatoms. The number of benzene rings is 2. The third-order valence-corrected chi connectivity index (χ3v) is 11.5. The molecule has 0 atom stereocenters. The molecule has 0 unspecified atom stereocenters. The number of hydrogen-bond acceptors (Lipinski definition) is 8. The van der Waals surface area contributed by atoms with Crippen LogP contribution in [0, 0.1) is 12.8 Å². The Hall–Kier alpha value is -3.41. The quantitative estimate of drug-likeness (QED) is 0.220. The fourth-order valence-electron chi connectivity index (χ4n) is 5.97. The van der Waals surface area contributed by atoms with Gasteiger partial charge in [-0.05, 0) is 61.8 Å². The molecular formula is C33H40N2O7S2. The van der Waals surface area contributed by atoms with Crippen molar-refractivity contribution >= 4 is 39.0 Å². The van der Waals surface area contributed by atoms with Crippen LogP contribution in [0.1, 0.15) is 65.7 Å². The average Bonchev–Trinajstić information content (AvgIpc) is 3.36. The molecule has 0 radical (unpaired) electrons. The Labute approximate surface area is 263 Å². The summed E-state index contributed by atoms with van der Waals surface area (Å²) in [7, 11) is -3.39. The maximum absolute atomic E-state index is 12.9. The number of sulfonamides is 1. The van der Waals surface area contributed by atoms with Crippen LogP contribution in [0.15, 0.2) is 54.6 Å². The van der Waals surface area contributed by atoms with Crippen LogP contribution in [0.2, 0.25) is 0 Å². The molecule has 2 heterocycles. The van der Waals surface area contributed by atoms with Gasteiger partial charge in [0.05, 0.1) is 12.4 Å². The first-order valence-electron chi connectivity index (χ1n) is 15.2. The number of rotatable bonds is 12. The van der Waals surface area contributed by atoms with Crippen molar-refractivity contribution in [2.75, 3.05) is 31.6 Å². The van der Waals surface area contributed by atoms with E-state index < -0.39 is 22.0 Å². The van der Waals surface area contributed by atoms with Gasteiger partial charge >= 0.3 is 11.9 Å². The van der Waals surface area contributed by atoms with Crippen molar-refractivity contribution in [2.24, 2.45) is 5.92 Å². The molecule has 1 aliphatic carbocycles. The first-order valence-corrected chi connectivity index (χ1v) is 17.7. The molecule has 5 rings (SSSR count). The highest BCUT2D eigenvalue weighted by molar-refractivity contribution is 7.88. The molecule has 9 nitrogen and oxygen atoms in total. The van der Waals surface area contributed by atoms with Crippen molar-refractivity contribution < 1.29 is 32.6 Å². The van der Waals surface area contributed by atoms with E-state index in [1.54, 1.807) is 11.2 Å². The van der Waals surface area contributed by atoms with Crippen LogP contribution in [-0.2, 0) is 25.3 Å². The van der Waals surface area contributed by atoms with Crippen LogP contribution in [-0.4, -0.2) is 62.1 Å². The molecule has 2 N–H and O–H groups in total. The summed E-state index contributed by atoms with van der Waals surface area (Å²) in [6, 6.07) is 17.1. The van der Waals surface area contributed by atoms with Crippen LogP contribution in [0.25, 0.3) is 10.4 Å². The smallest absolute Gasteiger partial charge is 0.349 e. The number of hydrogen-bond donors (Lipinski definition) is 2. The molecule has 0 spiro atoms. The largest absolute Gasteiger partial charge is 0.480 e. The first-order chi connectivity index (χ1) is 21.2. The summed E-state index contributed by atoms with van der Waals surface area (Å²) in [5.74, 6) is -1.03. The number of nitrogens with one attached hydrogen (secondary N) is 1. The topological polar surface area (TPSA) is 122 Å². The lowest BCUT2D eigenvalue weighted by Crippen LogP contribution is -2.42. The molecule has 1 saturated heterocycles. The van der Waals surface area contributed by atoms with Gasteiger partial charge in [-0.25, -0.2) is 22.3 Å². The summed E-state index contributed by atoms with van der Waals surface area (Å²) in [6.45, 7) is 2.73. The molecule has 3 aromatic rings. The molecule has 2 aromatic carbocycles. The molecule has 1 saturated carbocycles. The number of carboxylic acids is 1. The Morgan fingerprint density at radius 3 is 2.43 bits per heavy atom. The van der Waals surface area contributed by atoms with E-state index in [9.17, 15) is 23.1 Å². The Kier molecular flexibility index (Phi) is 10.6. The minimum atomic E-state index is -3.39. The number of carboxylic acid groups (broad SMARTS) is 1. The Bertz CT molecular complexity index is 1540. The second-order valence-electron chi connectivity index (χ2n) is 11.6. The number of esters is 1. The fraction of sp³-hybridized carbons (Fsp3) is 0.455. The number of carbonyl (C=O) groups excluding carboxylic acids is 1. The predicted molar refractivity (Wildman–Crippen MR) is 172 cm³/mol. The zero-order valence-electron chi connectivity index (χ0n) is 25.0. The lowest BCUT2D eigenvalue weighted by atomic mass is 9.90. The summed E-state index contributed by atoms with van der Waals surface area (Å²) in [5, 5.41) is 13.4. The summed E-state index contributed by atoms with van der Waals surface area (Å²) in [6.07, 6.45) is 7.02. The van der Waals surface area contributed by atoms with Crippen molar-refractivity contribution in [1.82, 2.24) is 4.31 Å². The van der Waals surface area contributed by atoms with Gasteiger partial charge in [0, 0.05) is 35.3 Å². The molecule has 1 aromatic heterocycles. The lowest BCUT2D eigenvalue weighted by Gasteiger charge is -2.32. The van der Waals surface area contributed by atoms with Gasteiger partial charge in [0.2, 0.25) is 10.0 Å². The van der Waals surface area contributed by atoms with Crippen molar-refractivity contribution in [3.8, 4) is 16.2 Å². The van der Waals surface area contributed by atoms with Crippen molar-refractivity contribution in [1.29, 1.82) is 0 Å². The first kappa shape index (κ1) is 32.0.